The van der Waals surface area contributed by atoms with Crippen LogP contribution in [0.25, 0.3) is 0 Å². The Labute approximate surface area is 256 Å². The van der Waals surface area contributed by atoms with Gasteiger partial charge in [0.05, 0.1) is 42.7 Å². The number of aliphatic hydroxyl groups excluding tert-OH is 3. The Bertz CT molecular complexity index is 1360. The molecular weight excluding hydrogens is 572 g/mol. The van der Waals surface area contributed by atoms with Crippen molar-refractivity contribution in [2.45, 2.75) is 104 Å². The highest BCUT2D eigenvalue weighted by atomic mass is 16.7. The maximum atomic E-state index is 14.7. The van der Waals surface area contributed by atoms with Crippen LogP contribution in [0.15, 0.2) is 23.0 Å². The number of ether oxygens (including phenoxy) is 3. The summed E-state index contributed by atoms with van der Waals surface area (Å²) in [7, 11) is 0. The van der Waals surface area contributed by atoms with Crippen LogP contribution >= 0.6 is 0 Å². The molecule has 0 aromatic carbocycles. The fourth-order valence-electron chi connectivity index (χ4n) is 10.5. The molecule has 11 heteroatoms. The first kappa shape index (κ1) is 31.4. The normalized spacial score (nSPS) is 48.5. The van der Waals surface area contributed by atoms with Gasteiger partial charge in [-0.1, -0.05) is 27.7 Å². The van der Waals surface area contributed by atoms with Gasteiger partial charge in [0.25, 0.3) is 0 Å². The van der Waals surface area contributed by atoms with Crippen LogP contribution in [0.5, 0.6) is 0 Å². The van der Waals surface area contributed by atoms with E-state index in [-0.39, 0.29) is 31.7 Å². The summed E-state index contributed by atoms with van der Waals surface area (Å²) in [5.41, 5.74) is -4.54. The lowest BCUT2D eigenvalue weighted by molar-refractivity contribution is -0.372. The van der Waals surface area contributed by atoms with Gasteiger partial charge in [-0.3, -0.25) is 19.2 Å². The van der Waals surface area contributed by atoms with Gasteiger partial charge in [0.2, 0.25) is 6.29 Å². The first-order chi connectivity index (χ1) is 20.6. The highest BCUT2D eigenvalue weighted by Gasteiger charge is 2.82. The van der Waals surface area contributed by atoms with Gasteiger partial charge in [-0.15, -0.1) is 0 Å². The second-order valence-corrected chi connectivity index (χ2v) is 14.7. The van der Waals surface area contributed by atoms with Crippen molar-refractivity contribution < 1.29 is 53.1 Å². The molecule has 0 amide bonds. The summed E-state index contributed by atoms with van der Waals surface area (Å²) in [4.78, 5) is 54.0. The fraction of sp³-hybridized carbons (Fsp3) is 0.758. The van der Waals surface area contributed by atoms with Crippen LogP contribution in [-0.2, 0) is 33.4 Å². The summed E-state index contributed by atoms with van der Waals surface area (Å²) in [6, 6.07) is 1.73. The lowest BCUT2D eigenvalue weighted by atomic mass is 9.33. The molecule has 6 rings (SSSR count). The molecule has 0 unspecified atom stereocenters. The number of carbonyl (C=O) groups excluding carboxylic acids is 4. The molecule has 0 radical (unpaired) electrons. The minimum absolute atomic E-state index is 0.0265. The Hall–Kier alpha value is -2.60. The van der Waals surface area contributed by atoms with E-state index in [1.54, 1.807) is 33.8 Å². The van der Waals surface area contributed by atoms with Crippen LogP contribution in [-0.4, -0.2) is 76.1 Å². The SMILES string of the molecule is CC[C@H](C)C(=O)O[C@@H]1OC[C@]23[C@@H](O)C[C@@H](OC(C)=O)[C@@]1(C)[C@@H]2C[C@@H](O)[C@@]1(C)[C@H]2C(=O)C[C@@H](c4ccoc4)[C@]2(C)[C@@H](O)C(=O)[C@@H]13. The van der Waals surface area contributed by atoms with Gasteiger partial charge in [-0.05, 0) is 37.3 Å². The Balaban J connectivity index is 1.50. The maximum Gasteiger partial charge on any atom is 0.310 e. The average molecular weight is 617 g/mol. The van der Waals surface area contributed by atoms with Gasteiger partial charge >= 0.3 is 11.9 Å². The number of ketones is 2. The molecule has 1 aromatic rings. The molecule has 2 bridgehead atoms. The number of furan rings is 1. The van der Waals surface area contributed by atoms with E-state index in [0.717, 1.165) is 0 Å². The van der Waals surface area contributed by atoms with E-state index < -0.39 is 99.7 Å². The number of carbonyl (C=O) groups is 4. The van der Waals surface area contributed by atoms with Gasteiger partial charge in [0, 0.05) is 53.8 Å². The van der Waals surface area contributed by atoms with Crippen molar-refractivity contribution in [1.82, 2.24) is 0 Å². The number of aliphatic hydroxyl groups is 3. The van der Waals surface area contributed by atoms with Gasteiger partial charge in [0.1, 0.15) is 18.0 Å². The minimum Gasteiger partial charge on any atom is -0.472 e. The van der Waals surface area contributed by atoms with E-state index in [1.165, 1.54) is 19.5 Å². The second kappa shape index (κ2) is 10.2. The molecular formula is C33H44O11. The van der Waals surface area contributed by atoms with Crippen molar-refractivity contribution >= 4 is 23.5 Å². The number of Topliss-reactive ketones (excluding diaryl/α,β-unsaturated/α-hetero) is 2. The lowest BCUT2D eigenvalue weighted by Crippen LogP contribution is -2.80. The van der Waals surface area contributed by atoms with Crippen molar-refractivity contribution in [3.63, 3.8) is 0 Å². The van der Waals surface area contributed by atoms with Crippen molar-refractivity contribution in [3.05, 3.63) is 24.2 Å². The molecule has 1 aliphatic heterocycles. The van der Waals surface area contributed by atoms with Crippen molar-refractivity contribution in [1.29, 1.82) is 0 Å². The predicted molar refractivity (Wildman–Crippen MR) is 151 cm³/mol. The fourth-order valence-corrected chi connectivity index (χ4v) is 10.5. The third kappa shape index (κ3) is 3.75. The molecule has 11 nitrogen and oxygen atoms in total. The largest absolute Gasteiger partial charge is 0.472 e. The smallest absolute Gasteiger partial charge is 0.310 e. The summed E-state index contributed by atoms with van der Waals surface area (Å²) in [5.74, 6) is -5.61. The number of hydrogen-bond acceptors (Lipinski definition) is 11. The van der Waals surface area contributed by atoms with Crippen LogP contribution in [0, 0.1) is 45.3 Å². The molecule has 5 aliphatic rings. The van der Waals surface area contributed by atoms with Gasteiger partial charge < -0.3 is 33.9 Å². The summed E-state index contributed by atoms with van der Waals surface area (Å²) >= 11 is 0. The third-order valence-corrected chi connectivity index (χ3v) is 12.8. The van der Waals surface area contributed by atoms with Gasteiger partial charge in [-0.2, -0.15) is 0 Å². The predicted octanol–water partition coefficient (Wildman–Crippen LogP) is 2.54. The zero-order chi connectivity index (χ0) is 32.1. The summed E-state index contributed by atoms with van der Waals surface area (Å²) in [6.07, 6.45) is -2.66. The van der Waals surface area contributed by atoms with E-state index in [2.05, 4.69) is 0 Å². The minimum atomic E-state index is -1.58. The van der Waals surface area contributed by atoms with E-state index in [0.29, 0.717) is 12.0 Å². The molecule has 242 valence electrons. The van der Waals surface area contributed by atoms with Crippen LogP contribution in [0.3, 0.4) is 0 Å². The Kier molecular flexibility index (Phi) is 7.28. The van der Waals surface area contributed by atoms with Crippen LogP contribution in [0.1, 0.15) is 78.7 Å². The molecule has 44 heavy (non-hydrogen) atoms. The second-order valence-electron chi connectivity index (χ2n) is 14.7. The monoisotopic (exact) mass is 616 g/mol. The topological polar surface area (TPSA) is 170 Å². The molecule has 4 aliphatic carbocycles. The maximum absolute atomic E-state index is 14.7. The van der Waals surface area contributed by atoms with E-state index in [9.17, 15) is 34.5 Å². The summed E-state index contributed by atoms with van der Waals surface area (Å²) < 4.78 is 23.3. The van der Waals surface area contributed by atoms with E-state index >= 15 is 0 Å². The number of esters is 2. The van der Waals surface area contributed by atoms with Crippen LogP contribution in [0.2, 0.25) is 0 Å². The summed E-state index contributed by atoms with van der Waals surface area (Å²) in [5, 5.41) is 36.1. The first-order valence-corrected chi connectivity index (χ1v) is 15.7. The highest BCUT2D eigenvalue weighted by Crippen LogP contribution is 2.75. The van der Waals surface area contributed by atoms with E-state index in [4.69, 9.17) is 18.6 Å². The van der Waals surface area contributed by atoms with Crippen LogP contribution in [0.4, 0.5) is 0 Å². The molecule has 1 aromatic heterocycles. The molecule has 14 atom stereocenters. The molecule has 1 saturated heterocycles. The average Bonchev–Trinajstić information content (AvgIpc) is 3.59. The highest BCUT2D eigenvalue weighted by molar-refractivity contribution is 5.96. The Morgan fingerprint density at radius 3 is 2.34 bits per heavy atom. The molecule has 5 fully saturated rings. The lowest BCUT2D eigenvalue weighted by Gasteiger charge is -2.72. The first-order valence-electron chi connectivity index (χ1n) is 15.7. The van der Waals surface area contributed by atoms with Crippen molar-refractivity contribution in [2.75, 3.05) is 6.61 Å². The zero-order valence-electron chi connectivity index (χ0n) is 26.1. The van der Waals surface area contributed by atoms with Crippen molar-refractivity contribution in [2.24, 2.45) is 45.3 Å². The number of fused-ring (bicyclic) bond motifs is 3. The van der Waals surface area contributed by atoms with Crippen LogP contribution < -0.4 is 0 Å². The Morgan fingerprint density at radius 2 is 1.73 bits per heavy atom. The number of rotatable bonds is 5. The molecule has 3 N–H and O–H groups in total. The standard InChI is InChI=1S/C33H44O11/c1-7-15(2)28(40)44-29-31(5)20-11-21(36)32(6)25-19(35)10-18(17-8-9-41-13-17)30(25,4)27(39)24(38)26(32)33(20,14-42-29)22(37)12-23(31)43-16(3)34/h8-9,13,15,18,20-23,25-27,29,36-37,39H,7,10-12,14H2,1-6H3/t15-,18-,20-,21+,22-,23+,25-,26-,27-,29-,30-,31+,32-,33+/m0/s1. The zero-order valence-corrected chi connectivity index (χ0v) is 26.1. The summed E-state index contributed by atoms with van der Waals surface area (Å²) in [6.45, 7) is 9.83. The molecule has 2 heterocycles. The number of hydrogen-bond donors (Lipinski definition) is 3. The van der Waals surface area contributed by atoms with E-state index in [1.807, 2.05) is 6.92 Å². The quantitative estimate of drug-likeness (QED) is 0.416. The third-order valence-electron chi connectivity index (χ3n) is 12.8. The van der Waals surface area contributed by atoms with Crippen molar-refractivity contribution in [3.8, 4) is 0 Å². The van der Waals surface area contributed by atoms with Gasteiger partial charge in [-0.25, -0.2) is 0 Å². The Morgan fingerprint density at radius 1 is 1.02 bits per heavy atom. The van der Waals surface area contributed by atoms with Gasteiger partial charge in [0.15, 0.2) is 5.78 Å². The molecule has 0 spiro atoms. The molecule has 4 saturated carbocycles.